The van der Waals surface area contributed by atoms with Gasteiger partial charge in [-0.2, -0.15) is 0 Å². The molecular weight excluding hydrogens is 260 g/mol. The number of rotatable bonds is 6. The molecule has 2 rings (SSSR count). The summed E-state index contributed by atoms with van der Waals surface area (Å²) in [7, 11) is 0. The van der Waals surface area contributed by atoms with E-state index in [1.807, 2.05) is 0 Å². The lowest BCUT2D eigenvalue weighted by Gasteiger charge is -2.21. The number of hydrogen-bond donors (Lipinski definition) is 1. The molecule has 0 saturated carbocycles. The van der Waals surface area contributed by atoms with Crippen LogP contribution in [-0.4, -0.2) is 22.8 Å². The van der Waals surface area contributed by atoms with E-state index in [9.17, 15) is 0 Å². The molecule has 0 spiro atoms. The Balaban J connectivity index is 2.13. The standard InChI is InChI=1S/C18H28N2O/c1-14(2)21-12-11-20-10-9-16-15(7-6-8-17(16)20)13-19-18(3,4)5/h6-10,14,19H,11-13H2,1-5H3. The second-order valence-corrected chi connectivity index (χ2v) is 6.88. The van der Waals surface area contributed by atoms with Crippen LogP contribution in [0.2, 0.25) is 0 Å². The van der Waals surface area contributed by atoms with Crippen LogP contribution in [0.25, 0.3) is 10.9 Å². The molecule has 3 heteroatoms. The molecule has 116 valence electrons. The molecule has 1 aromatic carbocycles. The first kappa shape index (κ1) is 16.1. The van der Waals surface area contributed by atoms with Gasteiger partial charge in [0.1, 0.15) is 0 Å². The topological polar surface area (TPSA) is 26.2 Å². The number of hydrogen-bond acceptors (Lipinski definition) is 2. The van der Waals surface area contributed by atoms with Gasteiger partial charge in [-0.1, -0.05) is 12.1 Å². The van der Waals surface area contributed by atoms with Crippen molar-refractivity contribution in [2.45, 2.75) is 59.4 Å². The molecule has 0 atom stereocenters. The van der Waals surface area contributed by atoms with E-state index < -0.39 is 0 Å². The van der Waals surface area contributed by atoms with E-state index in [0.29, 0.717) is 6.10 Å². The van der Waals surface area contributed by atoms with Crippen LogP contribution in [0.4, 0.5) is 0 Å². The molecule has 1 aromatic heterocycles. The van der Waals surface area contributed by atoms with Crippen molar-refractivity contribution in [3.63, 3.8) is 0 Å². The Morgan fingerprint density at radius 3 is 2.62 bits per heavy atom. The lowest BCUT2D eigenvalue weighted by atomic mass is 10.1. The van der Waals surface area contributed by atoms with E-state index in [1.165, 1.54) is 16.5 Å². The molecule has 21 heavy (non-hydrogen) atoms. The van der Waals surface area contributed by atoms with Gasteiger partial charge in [-0.25, -0.2) is 0 Å². The van der Waals surface area contributed by atoms with Gasteiger partial charge in [0.25, 0.3) is 0 Å². The summed E-state index contributed by atoms with van der Waals surface area (Å²) in [6.07, 6.45) is 2.45. The van der Waals surface area contributed by atoms with E-state index in [2.05, 4.69) is 75.0 Å². The predicted molar refractivity (Wildman–Crippen MR) is 89.6 cm³/mol. The minimum Gasteiger partial charge on any atom is -0.377 e. The molecule has 0 aliphatic rings. The molecule has 1 heterocycles. The van der Waals surface area contributed by atoms with E-state index in [4.69, 9.17) is 4.74 Å². The second-order valence-electron chi connectivity index (χ2n) is 6.88. The van der Waals surface area contributed by atoms with Crippen molar-refractivity contribution in [3.05, 3.63) is 36.0 Å². The monoisotopic (exact) mass is 288 g/mol. The fourth-order valence-electron chi connectivity index (χ4n) is 2.38. The van der Waals surface area contributed by atoms with Crippen LogP contribution in [-0.2, 0) is 17.8 Å². The first-order chi connectivity index (χ1) is 9.87. The highest BCUT2D eigenvalue weighted by molar-refractivity contribution is 5.83. The number of benzene rings is 1. The Morgan fingerprint density at radius 2 is 1.95 bits per heavy atom. The number of aromatic nitrogens is 1. The molecule has 2 aromatic rings. The summed E-state index contributed by atoms with van der Waals surface area (Å²) in [5.74, 6) is 0. The highest BCUT2D eigenvalue weighted by Gasteiger charge is 2.11. The van der Waals surface area contributed by atoms with Gasteiger partial charge in [-0.3, -0.25) is 0 Å². The number of nitrogens with zero attached hydrogens (tertiary/aromatic N) is 1. The fourth-order valence-corrected chi connectivity index (χ4v) is 2.38. The number of nitrogens with one attached hydrogen (secondary N) is 1. The molecule has 1 N–H and O–H groups in total. The average Bonchev–Trinajstić information content (AvgIpc) is 2.79. The van der Waals surface area contributed by atoms with Crippen molar-refractivity contribution in [3.8, 4) is 0 Å². The van der Waals surface area contributed by atoms with Gasteiger partial charge in [-0.05, 0) is 52.3 Å². The Bertz CT molecular complexity index is 578. The highest BCUT2D eigenvalue weighted by atomic mass is 16.5. The maximum atomic E-state index is 5.65. The summed E-state index contributed by atoms with van der Waals surface area (Å²) >= 11 is 0. The molecule has 0 fully saturated rings. The van der Waals surface area contributed by atoms with Gasteiger partial charge in [-0.15, -0.1) is 0 Å². The van der Waals surface area contributed by atoms with Crippen molar-refractivity contribution >= 4 is 10.9 Å². The first-order valence-corrected chi connectivity index (χ1v) is 7.80. The highest BCUT2D eigenvalue weighted by Crippen LogP contribution is 2.21. The van der Waals surface area contributed by atoms with Gasteiger partial charge < -0.3 is 14.6 Å². The van der Waals surface area contributed by atoms with E-state index in [-0.39, 0.29) is 5.54 Å². The summed E-state index contributed by atoms with van der Waals surface area (Å²) < 4.78 is 7.93. The number of fused-ring (bicyclic) bond motifs is 1. The zero-order chi connectivity index (χ0) is 15.5. The van der Waals surface area contributed by atoms with Crippen LogP contribution in [0.15, 0.2) is 30.5 Å². The van der Waals surface area contributed by atoms with Crippen molar-refractivity contribution in [1.82, 2.24) is 9.88 Å². The summed E-state index contributed by atoms with van der Waals surface area (Å²) in [5, 5.41) is 4.90. The zero-order valence-corrected chi connectivity index (χ0v) is 13.9. The third-order valence-corrected chi connectivity index (χ3v) is 3.50. The van der Waals surface area contributed by atoms with Gasteiger partial charge in [0.2, 0.25) is 0 Å². The van der Waals surface area contributed by atoms with Crippen LogP contribution >= 0.6 is 0 Å². The second kappa shape index (κ2) is 6.63. The number of ether oxygens (including phenoxy) is 1. The average molecular weight is 288 g/mol. The van der Waals surface area contributed by atoms with Gasteiger partial charge >= 0.3 is 0 Å². The summed E-state index contributed by atoms with van der Waals surface area (Å²) in [6.45, 7) is 13.3. The quantitative estimate of drug-likeness (QED) is 0.871. The largest absolute Gasteiger partial charge is 0.377 e. The van der Waals surface area contributed by atoms with Crippen LogP contribution < -0.4 is 5.32 Å². The Kier molecular flexibility index (Phi) is 5.07. The van der Waals surface area contributed by atoms with Gasteiger partial charge in [0.05, 0.1) is 12.7 Å². The molecule has 0 amide bonds. The Morgan fingerprint density at radius 1 is 1.19 bits per heavy atom. The van der Waals surface area contributed by atoms with Crippen LogP contribution in [0.3, 0.4) is 0 Å². The molecular formula is C18H28N2O. The van der Waals surface area contributed by atoms with Crippen molar-refractivity contribution in [2.24, 2.45) is 0 Å². The molecule has 0 saturated heterocycles. The van der Waals surface area contributed by atoms with E-state index >= 15 is 0 Å². The third-order valence-electron chi connectivity index (χ3n) is 3.50. The van der Waals surface area contributed by atoms with E-state index in [0.717, 1.165) is 19.7 Å². The molecule has 3 nitrogen and oxygen atoms in total. The van der Waals surface area contributed by atoms with Gasteiger partial charge in [0, 0.05) is 35.7 Å². The minimum atomic E-state index is 0.135. The molecule has 0 aliphatic heterocycles. The predicted octanol–water partition coefficient (Wildman–Crippen LogP) is 3.95. The maximum Gasteiger partial charge on any atom is 0.0649 e. The molecule has 0 aliphatic carbocycles. The fraction of sp³-hybridized carbons (Fsp3) is 0.556. The van der Waals surface area contributed by atoms with Crippen LogP contribution in [0.5, 0.6) is 0 Å². The van der Waals surface area contributed by atoms with Crippen molar-refractivity contribution < 1.29 is 4.74 Å². The third kappa shape index (κ3) is 4.58. The lowest BCUT2D eigenvalue weighted by Crippen LogP contribution is -2.35. The van der Waals surface area contributed by atoms with Gasteiger partial charge in [0.15, 0.2) is 0 Å². The van der Waals surface area contributed by atoms with Crippen molar-refractivity contribution in [2.75, 3.05) is 6.61 Å². The summed E-state index contributed by atoms with van der Waals surface area (Å²) in [6, 6.07) is 8.74. The first-order valence-electron chi connectivity index (χ1n) is 7.80. The van der Waals surface area contributed by atoms with E-state index in [1.54, 1.807) is 0 Å². The van der Waals surface area contributed by atoms with Crippen LogP contribution in [0, 0.1) is 0 Å². The minimum absolute atomic E-state index is 0.135. The SMILES string of the molecule is CC(C)OCCn1ccc2c(CNC(C)(C)C)cccc21. The summed E-state index contributed by atoms with van der Waals surface area (Å²) in [4.78, 5) is 0. The lowest BCUT2D eigenvalue weighted by molar-refractivity contribution is 0.0733. The van der Waals surface area contributed by atoms with Crippen LogP contribution in [0.1, 0.15) is 40.2 Å². The summed E-state index contributed by atoms with van der Waals surface area (Å²) in [5.41, 5.74) is 2.78. The molecule has 0 radical (unpaired) electrons. The normalized spacial score (nSPS) is 12.5. The maximum absolute atomic E-state index is 5.65. The Labute approximate surface area is 128 Å². The smallest absolute Gasteiger partial charge is 0.0649 e. The molecule has 0 unspecified atom stereocenters. The molecule has 0 bridgehead atoms. The van der Waals surface area contributed by atoms with Crippen molar-refractivity contribution in [1.29, 1.82) is 0 Å². The Hall–Kier alpha value is -1.32. The zero-order valence-electron chi connectivity index (χ0n) is 13.9.